The normalized spacial score (nSPS) is 18.9. The number of amides is 3. The summed E-state index contributed by atoms with van der Waals surface area (Å²) < 4.78 is 13.2. The molecule has 0 radical (unpaired) electrons. The van der Waals surface area contributed by atoms with Gasteiger partial charge in [0.2, 0.25) is 5.91 Å². The van der Waals surface area contributed by atoms with Crippen LogP contribution >= 0.6 is 0 Å². The maximum atomic E-state index is 13.2. The molecule has 1 aromatic carbocycles. The van der Waals surface area contributed by atoms with Gasteiger partial charge in [0.15, 0.2) is 0 Å². The van der Waals surface area contributed by atoms with Gasteiger partial charge < -0.3 is 16.0 Å². The van der Waals surface area contributed by atoms with Gasteiger partial charge >= 0.3 is 6.03 Å². The zero-order chi connectivity index (χ0) is 17.5. The lowest BCUT2D eigenvalue weighted by Crippen LogP contribution is -2.48. The number of urea groups is 1. The number of carbonyl (C=O) groups excluding carboxylic acids is 2. The number of rotatable bonds is 6. The topological polar surface area (TPSA) is 75.4 Å². The fourth-order valence-corrected chi connectivity index (χ4v) is 3.15. The Bertz CT molecular complexity index is 579. The number of carbonyl (C=O) groups is 2. The Morgan fingerprint density at radius 2 is 2.25 bits per heavy atom. The van der Waals surface area contributed by atoms with E-state index in [9.17, 15) is 14.0 Å². The average molecular weight is 335 g/mol. The van der Waals surface area contributed by atoms with E-state index in [1.807, 2.05) is 13.0 Å². The van der Waals surface area contributed by atoms with Gasteiger partial charge in [0.05, 0.1) is 0 Å². The summed E-state index contributed by atoms with van der Waals surface area (Å²) in [5.74, 6) is -0.395. The van der Waals surface area contributed by atoms with E-state index in [0.29, 0.717) is 25.9 Å². The van der Waals surface area contributed by atoms with Gasteiger partial charge in [-0.3, -0.25) is 4.79 Å². The number of primary amides is 1. The van der Waals surface area contributed by atoms with Crippen LogP contribution in [0.1, 0.15) is 38.2 Å². The Labute approximate surface area is 142 Å². The average Bonchev–Trinajstić information content (AvgIpc) is 2.52. The van der Waals surface area contributed by atoms with Crippen molar-refractivity contribution in [2.45, 2.75) is 45.1 Å². The second-order valence-electron chi connectivity index (χ2n) is 6.64. The highest BCUT2D eigenvalue weighted by Gasteiger charge is 2.25. The van der Waals surface area contributed by atoms with Crippen LogP contribution in [-0.4, -0.2) is 36.0 Å². The van der Waals surface area contributed by atoms with E-state index in [2.05, 4.69) is 5.32 Å². The minimum absolute atomic E-state index is 0.00251. The predicted octanol–water partition coefficient (Wildman–Crippen LogP) is 2.44. The van der Waals surface area contributed by atoms with E-state index in [1.165, 1.54) is 12.1 Å². The molecule has 1 saturated heterocycles. The van der Waals surface area contributed by atoms with Gasteiger partial charge in [0.25, 0.3) is 0 Å². The lowest BCUT2D eigenvalue weighted by Gasteiger charge is -2.33. The first kappa shape index (κ1) is 18.2. The first-order valence-electron chi connectivity index (χ1n) is 8.52. The number of benzene rings is 1. The maximum absolute atomic E-state index is 13.2. The first-order valence-corrected chi connectivity index (χ1v) is 8.52. The molecule has 1 aromatic rings. The van der Waals surface area contributed by atoms with Crippen molar-refractivity contribution in [3.05, 3.63) is 35.6 Å². The highest BCUT2D eigenvalue weighted by Crippen LogP contribution is 2.19. The molecule has 1 fully saturated rings. The molecular formula is C18H26FN3O2. The molecule has 1 aliphatic rings. The molecule has 6 heteroatoms. The smallest absolute Gasteiger partial charge is 0.317 e. The van der Waals surface area contributed by atoms with Crippen LogP contribution in [0.4, 0.5) is 9.18 Å². The summed E-state index contributed by atoms with van der Waals surface area (Å²) in [6, 6.07) is 6.42. The molecular weight excluding hydrogens is 309 g/mol. The van der Waals surface area contributed by atoms with Crippen LogP contribution in [0, 0.1) is 11.7 Å². The zero-order valence-electron chi connectivity index (χ0n) is 14.1. The Hall–Kier alpha value is -2.11. The summed E-state index contributed by atoms with van der Waals surface area (Å²) in [5, 5.41) is 2.99. The van der Waals surface area contributed by atoms with Crippen LogP contribution in [0.2, 0.25) is 0 Å². The molecule has 2 rings (SSSR count). The highest BCUT2D eigenvalue weighted by molar-refractivity contribution is 5.75. The standard InChI is InChI=1S/C18H26FN3O2/c1-13(7-8-14-4-2-6-16(19)10-14)21-18(24)22-9-3-5-15(12-22)11-17(20)23/h2,4,6,10,13,15H,3,5,7-9,11-12H2,1H3,(H2,20,23)(H,21,24)/t13-,15-/m0/s1. The summed E-state index contributed by atoms with van der Waals surface area (Å²) in [6.07, 6.45) is 3.61. The first-order chi connectivity index (χ1) is 11.4. The number of aryl methyl sites for hydroxylation is 1. The number of hydrogen-bond donors (Lipinski definition) is 2. The SMILES string of the molecule is C[C@@H](CCc1cccc(F)c1)NC(=O)N1CCC[C@@H](CC(N)=O)C1. The van der Waals surface area contributed by atoms with Crippen molar-refractivity contribution in [2.75, 3.05) is 13.1 Å². The van der Waals surface area contributed by atoms with Crippen LogP contribution in [0.5, 0.6) is 0 Å². The van der Waals surface area contributed by atoms with Gasteiger partial charge in [-0.25, -0.2) is 9.18 Å². The molecule has 5 nitrogen and oxygen atoms in total. The van der Waals surface area contributed by atoms with Crippen LogP contribution in [0.15, 0.2) is 24.3 Å². The molecule has 0 aliphatic carbocycles. The molecule has 0 spiro atoms. The van der Waals surface area contributed by atoms with E-state index in [0.717, 1.165) is 24.8 Å². The molecule has 0 aromatic heterocycles. The molecule has 0 bridgehead atoms. The van der Waals surface area contributed by atoms with Crippen molar-refractivity contribution in [2.24, 2.45) is 11.7 Å². The van der Waals surface area contributed by atoms with Crippen molar-refractivity contribution in [1.82, 2.24) is 10.2 Å². The largest absolute Gasteiger partial charge is 0.370 e. The Morgan fingerprint density at radius 3 is 2.96 bits per heavy atom. The van der Waals surface area contributed by atoms with E-state index in [-0.39, 0.29) is 29.7 Å². The van der Waals surface area contributed by atoms with Gasteiger partial charge in [-0.2, -0.15) is 0 Å². The number of hydrogen-bond acceptors (Lipinski definition) is 2. The fraction of sp³-hybridized carbons (Fsp3) is 0.556. The van der Waals surface area contributed by atoms with Crippen LogP contribution < -0.4 is 11.1 Å². The van der Waals surface area contributed by atoms with Crippen molar-refractivity contribution < 1.29 is 14.0 Å². The van der Waals surface area contributed by atoms with Gasteiger partial charge in [-0.1, -0.05) is 12.1 Å². The Kier molecular flexibility index (Phi) is 6.58. The third-order valence-corrected chi connectivity index (χ3v) is 4.42. The molecule has 2 atom stereocenters. The number of nitrogens with zero attached hydrogens (tertiary/aromatic N) is 1. The quantitative estimate of drug-likeness (QED) is 0.838. The molecule has 1 aliphatic heterocycles. The minimum atomic E-state index is -0.314. The Morgan fingerprint density at radius 1 is 1.46 bits per heavy atom. The van der Waals surface area contributed by atoms with Crippen LogP contribution in [0.3, 0.4) is 0 Å². The third kappa shape index (κ3) is 5.83. The number of likely N-dealkylation sites (tertiary alicyclic amines) is 1. The summed E-state index contributed by atoms with van der Waals surface area (Å²) >= 11 is 0. The van der Waals surface area contributed by atoms with Gasteiger partial charge in [0.1, 0.15) is 5.82 Å². The summed E-state index contributed by atoms with van der Waals surface area (Å²) in [4.78, 5) is 25.1. The van der Waals surface area contributed by atoms with Crippen molar-refractivity contribution in [1.29, 1.82) is 0 Å². The van der Waals surface area contributed by atoms with E-state index in [4.69, 9.17) is 5.73 Å². The second-order valence-corrected chi connectivity index (χ2v) is 6.64. The lowest BCUT2D eigenvalue weighted by atomic mass is 9.95. The van der Waals surface area contributed by atoms with Crippen molar-refractivity contribution in [3.8, 4) is 0 Å². The summed E-state index contributed by atoms with van der Waals surface area (Å²) in [5.41, 5.74) is 6.17. The fourth-order valence-electron chi connectivity index (χ4n) is 3.15. The molecule has 3 N–H and O–H groups in total. The third-order valence-electron chi connectivity index (χ3n) is 4.42. The molecule has 1 heterocycles. The number of nitrogens with one attached hydrogen (secondary N) is 1. The highest BCUT2D eigenvalue weighted by atomic mass is 19.1. The van der Waals surface area contributed by atoms with Gasteiger partial charge in [-0.05, 0) is 56.2 Å². The van der Waals surface area contributed by atoms with E-state index in [1.54, 1.807) is 11.0 Å². The molecule has 132 valence electrons. The Balaban J connectivity index is 1.77. The monoisotopic (exact) mass is 335 g/mol. The summed E-state index contributed by atoms with van der Waals surface area (Å²) in [7, 11) is 0. The van der Waals surface area contributed by atoms with Crippen LogP contribution in [0.25, 0.3) is 0 Å². The number of nitrogens with two attached hydrogens (primary N) is 1. The van der Waals surface area contributed by atoms with Crippen molar-refractivity contribution >= 4 is 11.9 Å². The van der Waals surface area contributed by atoms with Gasteiger partial charge in [-0.15, -0.1) is 0 Å². The van der Waals surface area contributed by atoms with E-state index >= 15 is 0 Å². The molecule has 0 unspecified atom stereocenters. The minimum Gasteiger partial charge on any atom is -0.370 e. The maximum Gasteiger partial charge on any atom is 0.317 e. The van der Waals surface area contributed by atoms with Crippen molar-refractivity contribution in [3.63, 3.8) is 0 Å². The predicted molar refractivity (Wildman–Crippen MR) is 90.8 cm³/mol. The number of piperidine rings is 1. The van der Waals surface area contributed by atoms with Crippen LogP contribution in [-0.2, 0) is 11.2 Å². The lowest BCUT2D eigenvalue weighted by molar-refractivity contribution is -0.119. The summed E-state index contributed by atoms with van der Waals surface area (Å²) in [6.45, 7) is 3.23. The van der Waals surface area contributed by atoms with Gasteiger partial charge in [0, 0.05) is 25.6 Å². The number of halogens is 1. The molecule has 0 saturated carbocycles. The van der Waals surface area contributed by atoms with E-state index < -0.39 is 0 Å². The zero-order valence-corrected chi connectivity index (χ0v) is 14.1. The molecule has 3 amide bonds. The second kappa shape index (κ2) is 8.66. The molecule has 24 heavy (non-hydrogen) atoms.